The molecule has 196 valence electrons. The molecule has 0 aromatic rings. The van der Waals surface area contributed by atoms with Crippen LogP contribution in [0.1, 0.15) is 72.6 Å². The SMILES string of the molecule is CCOC(=O)C1CCN(C(=O)COC(=O)CN2C(=O)NC3(CCC(C(C)(C)CC)CC3)C2=O)CC1. The third-order valence-electron chi connectivity index (χ3n) is 8.21. The number of hydrogen-bond donors (Lipinski definition) is 1. The molecule has 0 aromatic carbocycles. The van der Waals surface area contributed by atoms with Gasteiger partial charge in [-0.1, -0.05) is 27.2 Å². The van der Waals surface area contributed by atoms with Gasteiger partial charge in [-0.2, -0.15) is 0 Å². The van der Waals surface area contributed by atoms with Crippen molar-refractivity contribution in [1.82, 2.24) is 15.1 Å². The van der Waals surface area contributed by atoms with E-state index in [-0.39, 0.29) is 29.1 Å². The Morgan fingerprint density at radius 3 is 2.23 bits per heavy atom. The molecule has 0 unspecified atom stereocenters. The summed E-state index contributed by atoms with van der Waals surface area (Å²) in [5.41, 5.74) is -0.770. The van der Waals surface area contributed by atoms with Gasteiger partial charge in [-0.3, -0.25) is 24.1 Å². The Kier molecular flexibility index (Phi) is 8.43. The Morgan fingerprint density at radius 1 is 1.03 bits per heavy atom. The summed E-state index contributed by atoms with van der Waals surface area (Å²) in [6.07, 6.45) is 4.83. The molecule has 10 heteroatoms. The highest BCUT2D eigenvalue weighted by molar-refractivity contribution is 6.08. The van der Waals surface area contributed by atoms with Gasteiger partial charge in [0, 0.05) is 13.1 Å². The highest BCUT2D eigenvalue weighted by Gasteiger charge is 2.53. The van der Waals surface area contributed by atoms with Crippen LogP contribution in [0.4, 0.5) is 4.79 Å². The number of nitrogens with zero attached hydrogens (tertiary/aromatic N) is 2. The summed E-state index contributed by atoms with van der Waals surface area (Å²) in [5.74, 6) is -1.56. The topological polar surface area (TPSA) is 122 Å². The van der Waals surface area contributed by atoms with Crippen molar-refractivity contribution in [3.8, 4) is 0 Å². The quantitative estimate of drug-likeness (QED) is 0.406. The molecule has 1 aliphatic carbocycles. The normalized spacial score (nSPS) is 25.5. The van der Waals surface area contributed by atoms with Gasteiger partial charge in [-0.15, -0.1) is 0 Å². The predicted octanol–water partition coefficient (Wildman–Crippen LogP) is 2.25. The van der Waals surface area contributed by atoms with Gasteiger partial charge in [0.2, 0.25) is 0 Å². The fourth-order valence-electron chi connectivity index (χ4n) is 5.37. The molecular formula is C25H39N3O7. The Balaban J connectivity index is 1.45. The zero-order valence-corrected chi connectivity index (χ0v) is 21.4. The van der Waals surface area contributed by atoms with Crippen molar-refractivity contribution in [2.45, 2.75) is 78.2 Å². The zero-order valence-electron chi connectivity index (χ0n) is 21.4. The maximum absolute atomic E-state index is 13.1. The number of esters is 2. The summed E-state index contributed by atoms with van der Waals surface area (Å²) >= 11 is 0. The number of rotatable bonds is 8. The van der Waals surface area contributed by atoms with Crippen molar-refractivity contribution in [2.24, 2.45) is 17.3 Å². The minimum Gasteiger partial charge on any atom is -0.466 e. The number of imide groups is 1. The zero-order chi connectivity index (χ0) is 25.8. The number of carbonyl (C=O) groups is 5. The third-order valence-corrected chi connectivity index (χ3v) is 8.21. The van der Waals surface area contributed by atoms with E-state index < -0.39 is 30.7 Å². The van der Waals surface area contributed by atoms with Crippen LogP contribution in [0.3, 0.4) is 0 Å². The second-order valence-corrected chi connectivity index (χ2v) is 10.6. The van der Waals surface area contributed by atoms with Crippen LogP contribution in [0.2, 0.25) is 0 Å². The van der Waals surface area contributed by atoms with Crippen molar-refractivity contribution in [3.05, 3.63) is 0 Å². The van der Waals surface area contributed by atoms with Crippen LogP contribution >= 0.6 is 0 Å². The third kappa shape index (κ3) is 5.95. The molecule has 0 aromatic heterocycles. The monoisotopic (exact) mass is 493 g/mol. The lowest BCUT2D eigenvalue weighted by Gasteiger charge is -2.42. The smallest absolute Gasteiger partial charge is 0.326 e. The molecule has 1 saturated carbocycles. The van der Waals surface area contributed by atoms with E-state index in [4.69, 9.17) is 9.47 Å². The lowest BCUT2D eigenvalue weighted by molar-refractivity contribution is -0.156. The van der Waals surface area contributed by atoms with Gasteiger partial charge in [0.1, 0.15) is 12.1 Å². The summed E-state index contributed by atoms with van der Waals surface area (Å²) in [6.45, 7) is 8.48. The molecule has 10 nitrogen and oxygen atoms in total. The van der Waals surface area contributed by atoms with E-state index in [0.717, 1.165) is 24.2 Å². The van der Waals surface area contributed by atoms with Crippen LogP contribution in [0.15, 0.2) is 0 Å². The fraction of sp³-hybridized carbons (Fsp3) is 0.800. The molecule has 0 bridgehead atoms. The van der Waals surface area contributed by atoms with Crippen LogP contribution in [-0.4, -0.2) is 78.0 Å². The van der Waals surface area contributed by atoms with Gasteiger partial charge in [0.25, 0.3) is 11.8 Å². The molecule has 4 amide bonds. The maximum atomic E-state index is 13.1. The van der Waals surface area contributed by atoms with E-state index in [1.54, 1.807) is 11.8 Å². The van der Waals surface area contributed by atoms with E-state index in [1.807, 2.05) is 0 Å². The fourth-order valence-corrected chi connectivity index (χ4v) is 5.37. The largest absolute Gasteiger partial charge is 0.466 e. The first kappa shape index (κ1) is 26.9. The van der Waals surface area contributed by atoms with E-state index in [9.17, 15) is 24.0 Å². The van der Waals surface area contributed by atoms with Crippen LogP contribution in [0.25, 0.3) is 0 Å². The summed E-state index contributed by atoms with van der Waals surface area (Å²) in [5, 5.41) is 2.82. The molecule has 3 fully saturated rings. The standard InChI is InChI=1S/C25H39N3O7/c1-5-24(3,4)18-7-11-25(12-8-18)22(32)28(23(33)26-25)15-20(30)35-16-19(29)27-13-9-17(10-14-27)21(31)34-6-2/h17-18H,5-16H2,1-4H3,(H,26,33). The number of ether oxygens (including phenoxy) is 2. The van der Waals surface area contributed by atoms with Crippen molar-refractivity contribution in [3.63, 3.8) is 0 Å². The molecule has 2 saturated heterocycles. The summed E-state index contributed by atoms with van der Waals surface area (Å²) in [7, 11) is 0. The second-order valence-electron chi connectivity index (χ2n) is 10.6. The molecule has 35 heavy (non-hydrogen) atoms. The summed E-state index contributed by atoms with van der Waals surface area (Å²) in [4.78, 5) is 64.7. The van der Waals surface area contributed by atoms with Gasteiger partial charge in [-0.25, -0.2) is 4.79 Å². The summed E-state index contributed by atoms with van der Waals surface area (Å²) < 4.78 is 10.1. The number of piperidine rings is 1. The van der Waals surface area contributed by atoms with Gasteiger partial charge >= 0.3 is 18.0 Å². The van der Waals surface area contributed by atoms with Crippen LogP contribution in [-0.2, 0) is 28.7 Å². The highest BCUT2D eigenvalue weighted by atomic mass is 16.5. The summed E-state index contributed by atoms with van der Waals surface area (Å²) in [6, 6.07) is -0.590. The first-order valence-electron chi connectivity index (χ1n) is 12.8. The Labute approximate surface area is 207 Å². The second kappa shape index (κ2) is 11.0. The number of urea groups is 1. The number of hydrogen-bond acceptors (Lipinski definition) is 7. The minimum absolute atomic E-state index is 0.178. The average Bonchev–Trinajstić information content (AvgIpc) is 3.06. The van der Waals surface area contributed by atoms with Crippen molar-refractivity contribution < 1.29 is 33.4 Å². The van der Waals surface area contributed by atoms with E-state index in [2.05, 4.69) is 26.1 Å². The molecule has 1 spiro atoms. The number of carbonyl (C=O) groups excluding carboxylic acids is 5. The number of likely N-dealkylation sites (tertiary alicyclic amines) is 1. The number of amides is 4. The molecule has 0 atom stereocenters. The Hall–Kier alpha value is -2.65. The highest BCUT2D eigenvalue weighted by Crippen LogP contribution is 2.45. The number of nitrogens with one attached hydrogen (secondary N) is 1. The van der Waals surface area contributed by atoms with Crippen molar-refractivity contribution >= 4 is 29.8 Å². The molecule has 3 aliphatic rings. The molecule has 2 aliphatic heterocycles. The van der Waals surface area contributed by atoms with Crippen LogP contribution < -0.4 is 5.32 Å². The lowest BCUT2D eigenvalue weighted by atomic mass is 9.65. The molecule has 1 N–H and O–H groups in total. The minimum atomic E-state index is -0.948. The van der Waals surface area contributed by atoms with Crippen molar-refractivity contribution in [1.29, 1.82) is 0 Å². The van der Waals surface area contributed by atoms with E-state index in [0.29, 0.717) is 51.3 Å². The predicted molar refractivity (Wildman–Crippen MR) is 126 cm³/mol. The van der Waals surface area contributed by atoms with Gasteiger partial charge in [-0.05, 0) is 56.8 Å². The van der Waals surface area contributed by atoms with Gasteiger partial charge < -0.3 is 19.7 Å². The Morgan fingerprint density at radius 2 is 1.66 bits per heavy atom. The van der Waals surface area contributed by atoms with Gasteiger partial charge in [0.15, 0.2) is 6.61 Å². The van der Waals surface area contributed by atoms with Gasteiger partial charge in [0.05, 0.1) is 12.5 Å². The first-order chi connectivity index (χ1) is 16.5. The molecule has 0 radical (unpaired) electrons. The average molecular weight is 494 g/mol. The van der Waals surface area contributed by atoms with Crippen LogP contribution in [0, 0.1) is 17.3 Å². The maximum Gasteiger partial charge on any atom is 0.326 e. The molecule has 3 rings (SSSR count). The van der Waals surface area contributed by atoms with Crippen LogP contribution in [0.5, 0.6) is 0 Å². The first-order valence-corrected chi connectivity index (χ1v) is 12.8. The molecular weight excluding hydrogens is 454 g/mol. The van der Waals surface area contributed by atoms with E-state index >= 15 is 0 Å². The van der Waals surface area contributed by atoms with E-state index in [1.165, 1.54) is 0 Å². The molecule has 2 heterocycles. The Bertz CT molecular complexity index is 840. The van der Waals surface area contributed by atoms with Crippen molar-refractivity contribution in [2.75, 3.05) is 32.8 Å². The lowest BCUT2D eigenvalue weighted by Crippen LogP contribution is -2.51.